The van der Waals surface area contributed by atoms with Crippen LogP contribution in [0.4, 0.5) is 8.78 Å². The summed E-state index contributed by atoms with van der Waals surface area (Å²) >= 11 is 0. The molecule has 20 heavy (non-hydrogen) atoms. The molecule has 2 aromatic rings. The van der Waals surface area contributed by atoms with E-state index in [4.69, 9.17) is 5.73 Å². The summed E-state index contributed by atoms with van der Waals surface area (Å²) in [6, 6.07) is 0.611. The van der Waals surface area contributed by atoms with Crippen molar-refractivity contribution in [1.82, 2.24) is 10.1 Å². The third-order valence-corrected chi connectivity index (χ3v) is 3.52. The van der Waals surface area contributed by atoms with E-state index in [2.05, 4.69) is 14.7 Å². The molecule has 0 radical (unpaired) electrons. The van der Waals surface area contributed by atoms with Gasteiger partial charge in [0.1, 0.15) is 10.7 Å². The molecule has 0 aliphatic rings. The van der Waals surface area contributed by atoms with E-state index in [1.54, 1.807) is 0 Å². The topological polar surface area (TPSA) is 119 Å². The zero-order valence-corrected chi connectivity index (χ0v) is 10.9. The minimum absolute atomic E-state index is 0.00703. The lowest BCUT2D eigenvalue weighted by Crippen LogP contribution is -2.05. The van der Waals surface area contributed by atoms with Crippen LogP contribution in [0.15, 0.2) is 15.5 Å². The molecule has 0 saturated heterocycles. The van der Waals surface area contributed by atoms with Gasteiger partial charge in [0.2, 0.25) is 11.7 Å². The molecule has 2 rings (SSSR count). The highest BCUT2D eigenvalue weighted by Gasteiger charge is 2.27. The number of phenols is 1. The Morgan fingerprint density at radius 2 is 2.10 bits per heavy atom. The summed E-state index contributed by atoms with van der Waals surface area (Å²) in [6.45, 7) is -0.0971. The van der Waals surface area contributed by atoms with Gasteiger partial charge in [-0.15, -0.1) is 0 Å². The number of benzene rings is 1. The standard InChI is InChI=1S/C10H9F2N3O4S/c1-20(17,18)9-5(11)2-4(8(16)7(9)12)10-14-6(3-13)19-15-10/h2,16H,3,13H2,1H3. The van der Waals surface area contributed by atoms with E-state index in [1.165, 1.54) is 0 Å². The first kappa shape index (κ1) is 14.3. The second-order valence-corrected chi connectivity index (χ2v) is 5.84. The van der Waals surface area contributed by atoms with Crippen molar-refractivity contribution in [2.45, 2.75) is 11.4 Å². The molecule has 10 heteroatoms. The Morgan fingerprint density at radius 3 is 2.60 bits per heavy atom. The third-order valence-electron chi connectivity index (χ3n) is 2.40. The molecule has 108 valence electrons. The molecule has 0 amide bonds. The second-order valence-electron chi connectivity index (χ2n) is 3.89. The Labute approximate surface area is 111 Å². The number of nitrogens with zero attached hydrogens (tertiary/aromatic N) is 2. The van der Waals surface area contributed by atoms with Crippen LogP contribution in [0.25, 0.3) is 11.4 Å². The highest BCUT2D eigenvalue weighted by atomic mass is 32.2. The average Bonchev–Trinajstić information content (AvgIpc) is 2.80. The summed E-state index contributed by atoms with van der Waals surface area (Å²) in [5.74, 6) is -4.37. The quantitative estimate of drug-likeness (QED) is 0.851. The lowest BCUT2D eigenvalue weighted by Gasteiger charge is -2.07. The van der Waals surface area contributed by atoms with E-state index >= 15 is 0 Å². The summed E-state index contributed by atoms with van der Waals surface area (Å²) in [6.07, 6.45) is 0.620. The zero-order valence-electron chi connectivity index (χ0n) is 10.1. The lowest BCUT2D eigenvalue weighted by atomic mass is 10.1. The lowest BCUT2D eigenvalue weighted by molar-refractivity contribution is 0.379. The van der Waals surface area contributed by atoms with Gasteiger partial charge in [0.25, 0.3) is 0 Å². The van der Waals surface area contributed by atoms with Crippen LogP contribution in [0.1, 0.15) is 5.89 Å². The predicted octanol–water partition coefficient (Wildman–Crippen LogP) is 0.583. The molecule has 1 aromatic carbocycles. The zero-order chi connectivity index (χ0) is 15.1. The van der Waals surface area contributed by atoms with Gasteiger partial charge in [0.15, 0.2) is 21.4 Å². The molecule has 3 N–H and O–H groups in total. The Morgan fingerprint density at radius 1 is 1.45 bits per heavy atom. The number of halogens is 2. The van der Waals surface area contributed by atoms with Crippen LogP contribution >= 0.6 is 0 Å². The van der Waals surface area contributed by atoms with Gasteiger partial charge in [-0.1, -0.05) is 5.16 Å². The highest BCUT2D eigenvalue weighted by Crippen LogP contribution is 2.35. The van der Waals surface area contributed by atoms with E-state index in [1.807, 2.05) is 0 Å². The normalized spacial score (nSPS) is 11.8. The maximum Gasteiger partial charge on any atom is 0.240 e. The molecule has 0 atom stereocenters. The van der Waals surface area contributed by atoms with Gasteiger partial charge in [0.05, 0.1) is 12.1 Å². The molecule has 0 saturated carbocycles. The van der Waals surface area contributed by atoms with Gasteiger partial charge in [-0.05, 0) is 6.07 Å². The van der Waals surface area contributed by atoms with Crippen molar-refractivity contribution in [3.8, 4) is 17.1 Å². The van der Waals surface area contributed by atoms with E-state index in [0.29, 0.717) is 12.3 Å². The molecule has 0 aliphatic carbocycles. The Balaban J connectivity index is 2.69. The van der Waals surface area contributed by atoms with Gasteiger partial charge < -0.3 is 15.4 Å². The number of hydrogen-bond donors (Lipinski definition) is 2. The third kappa shape index (κ3) is 2.34. The van der Waals surface area contributed by atoms with E-state index in [9.17, 15) is 22.3 Å². The molecule has 1 aromatic heterocycles. The minimum atomic E-state index is -4.18. The maximum absolute atomic E-state index is 13.8. The van der Waals surface area contributed by atoms with Crippen molar-refractivity contribution in [3.63, 3.8) is 0 Å². The summed E-state index contributed by atoms with van der Waals surface area (Å²) in [7, 11) is -4.18. The van der Waals surface area contributed by atoms with Crippen LogP contribution < -0.4 is 5.73 Å². The Kier molecular flexibility index (Phi) is 3.44. The molecular weight excluding hydrogens is 296 g/mol. The smallest absolute Gasteiger partial charge is 0.240 e. The molecule has 0 unspecified atom stereocenters. The highest BCUT2D eigenvalue weighted by molar-refractivity contribution is 7.90. The summed E-state index contributed by atoms with van der Waals surface area (Å²) < 4.78 is 54.7. The number of rotatable bonds is 3. The predicted molar refractivity (Wildman–Crippen MR) is 62.3 cm³/mol. The second kappa shape index (κ2) is 4.80. The summed E-state index contributed by atoms with van der Waals surface area (Å²) in [4.78, 5) is 2.47. The molecule has 0 aliphatic heterocycles. The first-order valence-corrected chi connectivity index (χ1v) is 7.09. The number of phenolic OH excluding ortho intramolecular Hbond substituents is 1. The monoisotopic (exact) mass is 305 g/mol. The van der Waals surface area contributed by atoms with Crippen molar-refractivity contribution < 1.29 is 26.8 Å². The molecule has 0 bridgehead atoms. The molecule has 7 nitrogen and oxygen atoms in total. The number of aromatic nitrogens is 2. The Bertz CT molecular complexity index is 773. The fourth-order valence-corrected chi connectivity index (χ4v) is 2.38. The molecule has 1 heterocycles. The van der Waals surface area contributed by atoms with Crippen molar-refractivity contribution in [2.24, 2.45) is 5.73 Å². The number of sulfone groups is 1. The van der Waals surface area contributed by atoms with Gasteiger partial charge in [-0.2, -0.15) is 4.98 Å². The Hall–Kier alpha value is -2.07. The molecular formula is C10H9F2N3O4S. The van der Waals surface area contributed by atoms with Gasteiger partial charge in [-0.25, -0.2) is 17.2 Å². The van der Waals surface area contributed by atoms with Crippen LogP contribution in [0, 0.1) is 11.6 Å². The molecule has 0 spiro atoms. The summed E-state index contributed by atoms with van der Waals surface area (Å²) in [5.41, 5.74) is 4.80. The molecule has 0 fully saturated rings. The number of hydrogen-bond acceptors (Lipinski definition) is 7. The first-order valence-electron chi connectivity index (χ1n) is 5.19. The van der Waals surface area contributed by atoms with Gasteiger partial charge in [-0.3, -0.25) is 0 Å². The van der Waals surface area contributed by atoms with Crippen molar-refractivity contribution in [2.75, 3.05) is 6.26 Å². The van der Waals surface area contributed by atoms with Crippen LogP contribution in [0.5, 0.6) is 5.75 Å². The number of nitrogens with two attached hydrogens (primary N) is 1. The van der Waals surface area contributed by atoms with Crippen molar-refractivity contribution in [3.05, 3.63) is 23.6 Å². The fourth-order valence-electron chi connectivity index (χ4n) is 1.55. The minimum Gasteiger partial charge on any atom is -0.504 e. The van der Waals surface area contributed by atoms with E-state index in [-0.39, 0.29) is 18.3 Å². The fraction of sp³-hybridized carbons (Fsp3) is 0.200. The summed E-state index contributed by atoms with van der Waals surface area (Å²) in [5, 5.41) is 13.0. The van der Waals surface area contributed by atoms with Gasteiger partial charge in [0, 0.05) is 6.26 Å². The number of aromatic hydroxyl groups is 1. The largest absolute Gasteiger partial charge is 0.504 e. The average molecular weight is 305 g/mol. The maximum atomic E-state index is 13.8. The van der Waals surface area contributed by atoms with Crippen molar-refractivity contribution in [1.29, 1.82) is 0 Å². The first-order chi connectivity index (χ1) is 9.25. The SMILES string of the molecule is CS(=O)(=O)c1c(F)cc(-c2noc(CN)n2)c(O)c1F. The van der Waals surface area contributed by atoms with E-state index < -0.39 is 37.7 Å². The van der Waals surface area contributed by atoms with Gasteiger partial charge >= 0.3 is 0 Å². The van der Waals surface area contributed by atoms with Crippen molar-refractivity contribution >= 4 is 9.84 Å². The van der Waals surface area contributed by atoms with Crippen LogP contribution in [-0.2, 0) is 16.4 Å². The van der Waals surface area contributed by atoms with Crippen LogP contribution in [0.3, 0.4) is 0 Å². The van der Waals surface area contributed by atoms with Crippen LogP contribution in [-0.4, -0.2) is 29.9 Å². The van der Waals surface area contributed by atoms with E-state index in [0.717, 1.165) is 0 Å². The van der Waals surface area contributed by atoms with Crippen LogP contribution in [0.2, 0.25) is 0 Å².